The number of hydrogen-bond donors (Lipinski definition) is 0. The maximum atomic E-state index is 12.2. The summed E-state index contributed by atoms with van der Waals surface area (Å²) >= 11 is 3.36. The zero-order valence-corrected chi connectivity index (χ0v) is 13.5. The van der Waals surface area contributed by atoms with E-state index in [0.717, 1.165) is 11.3 Å². The number of carbonyl (C=O) groups is 1. The highest BCUT2D eigenvalue weighted by molar-refractivity contribution is 8.00. The Balaban J connectivity index is 1.88. The maximum Gasteiger partial charge on any atom is 0.234 e. The van der Waals surface area contributed by atoms with Crippen LogP contribution in [0.15, 0.2) is 41.8 Å². The third-order valence-corrected chi connectivity index (χ3v) is 5.46. The largest absolute Gasteiger partial charge is 0.493 e. The molecule has 1 aromatic heterocycles. The van der Waals surface area contributed by atoms with Gasteiger partial charge in [-0.05, 0) is 24.4 Å². The number of thiophene rings is 1. The topological polar surface area (TPSA) is 29.5 Å². The molecule has 0 saturated carbocycles. The quantitative estimate of drug-likeness (QED) is 0.836. The molecule has 1 amide bonds. The molecule has 5 heteroatoms. The van der Waals surface area contributed by atoms with Crippen LogP contribution in [0.5, 0.6) is 5.75 Å². The van der Waals surface area contributed by atoms with E-state index in [2.05, 4.69) is 12.1 Å². The van der Waals surface area contributed by atoms with Gasteiger partial charge >= 0.3 is 0 Å². The van der Waals surface area contributed by atoms with Gasteiger partial charge in [0.05, 0.1) is 18.9 Å². The van der Waals surface area contributed by atoms with Gasteiger partial charge in [0, 0.05) is 10.4 Å². The Bertz CT molecular complexity index is 612. The Hall–Kier alpha value is -1.46. The van der Waals surface area contributed by atoms with Crippen LogP contribution in [0.2, 0.25) is 0 Å². The van der Waals surface area contributed by atoms with E-state index in [9.17, 15) is 4.79 Å². The van der Waals surface area contributed by atoms with E-state index in [4.69, 9.17) is 4.74 Å². The lowest BCUT2D eigenvalue weighted by Crippen LogP contribution is -2.27. The average Bonchev–Trinajstić information content (AvgIpc) is 3.12. The van der Waals surface area contributed by atoms with Gasteiger partial charge in [-0.3, -0.25) is 4.79 Å². The van der Waals surface area contributed by atoms with Crippen molar-refractivity contribution in [2.24, 2.45) is 0 Å². The minimum Gasteiger partial charge on any atom is -0.493 e. The molecule has 21 heavy (non-hydrogen) atoms. The Labute approximate surface area is 132 Å². The number of rotatable bonds is 5. The standard InChI is InChI=1S/C16H17NO2S2/c1-2-19-14-8-4-3-7-13(14)16-17(15(18)11-21-16)10-12-6-5-9-20-12/h3-9,16H,2,10-11H2,1H3. The van der Waals surface area contributed by atoms with Crippen LogP contribution in [0.3, 0.4) is 0 Å². The zero-order chi connectivity index (χ0) is 14.7. The van der Waals surface area contributed by atoms with Gasteiger partial charge in [0.25, 0.3) is 0 Å². The molecule has 2 aromatic rings. The third-order valence-electron chi connectivity index (χ3n) is 3.36. The van der Waals surface area contributed by atoms with Crippen LogP contribution in [0, 0.1) is 0 Å². The van der Waals surface area contributed by atoms with Crippen molar-refractivity contribution >= 4 is 29.0 Å². The molecule has 0 N–H and O–H groups in total. The molecule has 1 unspecified atom stereocenters. The summed E-state index contributed by atoms with van der Waals surface area (Å²) < 4.78 is 5.72. The first-order chi connectivity index (χ1) is 10.3. The molecule has 1 aliphatic heterocycles. The van der Waals surface area contributed by atoms with Gasteiger partial charge in [-0.1, -0.05) is 24.3 Å². The molecule has 1 aliphatic rings. The minimum atomic E-state index is 0.0438. The molecule has 1 saturated heterocycles. The third kappa shape index (κ3) is 3.09. The van der Waals surface area contributed by atoms with E-state index in [1.807, 2.05) is 41.5 Å². The lowest BCUT2D eigenvalue weighted by molar-refractivity contribution is -0.128. The minimum absolute atomic E-state index is 0.0438. The molecule has 1 aromatic carbocycles. The van der Waals surface area contributed by atoms with Crippen molar-refractivity contribution < 1.29 is 9.53 Å². The van der Waals surface area contributed by atoms with Gasteiger partial charge in [-0.25, -0.2) is 0 Å². The fourth-order valence-electron chi connectivity index (χ4n) is 2.42. The zero-order valence-electron chi connectivity index (χ0n) is 11.8. The number of nitrogens with zero attached hydrogens (tertiary/aromatic N) is 1. The maximum absolute atomic E-state index is 12.2. The van der Waals surface area contributed by atoms with Crippen LogP contribution < -0.4 is 4.74 Å². The Morgan fingerprint density at radius 3 is 2.90 bits per heavy atom. The van der Waals surface area contributed by atoms with Crippen LogP contribution in [0.4, 0.5) is 0 Å². The predicted octanol–water partition coefficient (Wildman–Crippen LogP) is 3.92. The number of para-hydroxylation sites is 1. The van der Waals surface area contributed by atoms with Crippen molar-refractivity contribution in [2.45, 2.75) is 18.8 Å². The van der Waals surface area contributed by atoms with Gasteiger partial charge < -0.3 is 9.64 Å². The second kappa shape index (κ2) is 6.54. The molecule has 3 rings (SSSR count). The highest BCUT2D eigenvalue weighted by Gasteiger charge is 2.34. The summed E-state index contributed by atoms with van der Waals surface area (Å²) in [6, 6.07) is 12.1. The lowest BCUT2D eigenvalue weighted by atomic mass is 10.1. The highest BCUT2D eigenvalue weighted by atomic mass is 32.2. The molecule has 0 aliphatic carbocycles. The van der Waals surface area contributed by atoms with E-state index >= 15 is 0 Å². The van der Waals surface area contributed by atoms with Crippen molar-refractivity contribution in [3.05, 3.63) is 52.2 Å². The SMILES string of the molecule is CCOc1ccccc1C1SCC(=O)N1Cc1cccs1. The Morgan fingerprint density at radius 1 is 1.29 bits per heavy atom. The molecule has 110 valence electrons. The second-order valence-electron chi connectivity index (χ2n) is 4.74. The van der Waals surface area contributed by atoms with Crippen LogP contribution >= 0.6 is 23.1 Å². The summed E-state index contributed by atoms with van der Waals surface area (Å²) in [6.07, 6.45) is 0. The first kappa shape index (κ1) is 14.5. The normalized spacial score (nSPS) is 18.2. The van der Waals surface area contributed by atoms with Crippen molar-refractivity contribution in [3.63, 3.8) is 0 Å². The van der Waals surface area contributed by atoms with E-state index in [1.54, 1.807) is 23.1 Å². The summed E-state index contributed by atoms with van der Waals surface area (Å²) in [5.41, 5.74) is 1.09. The predicted molar refractivity (Wildman–Crippen MR) is 87.7 cm³/mol. The number of ether oxygens (including phenoxy) is 1. The van der Waals surface area contributed by atoms with Crippen LogP contribution in [-0.4, -0.2) is 23.2 Å². The smallest absolute Gasteiger partial charge is 0.234 e. The van der Waals surface area contributed by atoms with Gasteiger partial charge in [0.1, 0.15) is 11.1 Å². The fraction of sp³-hybridized carbons (Fsp3) is 0.312. The Morgan fingerprint density at radius 2 is 2.14 bits per heavy atom. The average molecular weight is 319 g/mol. The number of amides is 1. The number of thioether (sulfide) groups is 1. The van der Waals surface area contributed by atoms with Crippen molar-refractivity contribution in [3.8, 4) is 5.75 Å². The van der Waals surface area contributed by atoms with Crippen molar-refractivity contribution in [1.82, 2.24) is 4.90 Å². The summed E-state index contributed by atoms with van der Waals surface area (Å²) in [6.45, 7) is 3.29. The summed E-state index contributed by atoms with van der Waals surface area (Å²) in [5, 5.41) is 2.09. The first-order valence-corrected chi connectivity index (χ1v) is 8.87. The molecule has 1 fully saturated rings. The van der Waals surface area contributed by atoms with Crippen LogP contribution in [-0.2, 0) is 11.3 Å². The molecule has 2 heterocycles. The van der Waals surface area contributed by atoms with Gasteiger partial charge in [0.2, 0.25) is 5.91 Å². The molecular weight excluding hydrogens is 302 g/mol. The molecule has 0 radical (unpaired) electrons. The number of carbonyl (C=O) groups excluding carboxylic acids is 1. The van der Waals surface area contributed by atoms with E-state index < -0.39 is 0 Å². The first-order valence-electron chi connectivity index (χ1n) is 6.94. The number of benzene rings is 1. The van der Waals surface area contributed by atoms with Crippen LogP contribution in [0.25, 0.3) is 0 Å². The molecule has 3 nitrogen and oxygen atoms in total. The molecule has 1 atom stereocenters. The summed E-state index contributed by atoms with van der Waals surface area (Å²) in [7, 11) is 0. The number of hydrogen-bond acceptors (Lipinski definition) is 4. The molecule has 0 spiro atoms. The Kier molecular flexibility index (Phi) is 4.51. The van der Waals surface area contributed by atoms with Crippen molar-refractivity contribution in [1.29, 1.82) is 0 Å². The summed E-state index contributed by atoms with van der Waals surface area (Å²) in [4.78, 5) is 15.4. The van der Waals surface area contributed by atoms with Gasteiger partial charge in [-0.15, -0.1) is 23.1 Å². The van der Waals surface area contributed by atoms with Crippen LogP contribution in [0.1, 0.15) is 22.7 Å². The van der Waals surface area contributed by atoms with E-state index in [0.29, 0.717) is 18.9 Å². The van der Waals surface area contributed by atoms with Gasteiger partial charge in [0.15, 0.2) is 0 Å². The van der Waals surface area contributed by atoms with Crippen molar-refractivity contribution in [2.75, 3.05) is 12.4 Å². The fourth-order valence-corrected chi connectivity index (χ4v) is 4.34. The monoisotopic (exact) mass is 319 g/mol. The van der Waals surface area contributed by atoms with E-state index in [1.165, 1.54) is 4.88 Å². The highest BCUT2D eigenvalue weighted by Crippen LogP contribution is 2.43. The summed E-state index contributed by atoms with van der Waals surface area (Å²) in [5.74, 6) is 1.62. The second-order valence-corrected chi connectivity index (χ2v) is 6.84. The molecular formula is C16H17NO2S2. The lowest BCUT2D eigenvalue weighted by Gasteiger charge is -2.25. The molecule has 0 bridgehead atoms. The van der Waals surface area contributed by atoms with E-state index in [-0.39, 0.29) is 11.3 Å². The van der Waals surface area contributed by atoms with Gasteiger partial charge in [-0.2, -0.15) is 0 Å².